The lowest BCUT2D eigenvalue weighted by Gasteiger charge is -2.34. The van der Waals surface area contributed by atoms with Gasteiger partial charge in [0.25, 0.3) is 0 Å². The fraction of sp³-hybridized carbons (Fsp3) is 0. The summed E-state index contributed by atoms with van der Waals surface area (Å²) in [7, 11) is -2.85. The second-order valence-electron chi connectivity index (χ2n) is 16.8. The summed E-state index contributed by atoms with van der Waals surface area (Å²) in [5, 5.41) is 12.5. The summed E-state index contributed by atoms with van der Waals surface area (Å²) in [6, 6.07) is 89.2. The fourth-order valence-electron chi connectivity index (χ4n) is 10.7. The lowest BCUT2D eigenvalue weighted by molar-refractivity contribution is 0.671. The first-order chi connectivity index (χ1) is 31.8. The lowest BCUT2D eigenvalue weighted by Crippen LogP contribution is -2.74. The standard InChI is InChI=1S/C60H40N2OSi/c1-4-16-43(17-5-1)61-55-25-13-11-23-50(55)54-40-42(30-39-57(54)61)41-28-33-47(34-29-41)64(45-18-6-2-7-19-45,46-20-8-3-9-21-46)48-35-31-44(32-36-48)62-56-26-14-10-22-49(56)52-37-38-53-51-24-12-15-27-58(51)63-60(53)59(52)62/h1-40H. The third kappa shape index (κ3) is 5.39. The third-order valence-corrected chi connectivity index (χ3v) is 18.3. The predicted molar refractivity (Wildman–Crippen MR) is 271 cm³/mol. The van der Waals surface area contributed by atoms with Gasteiger partial charge in [0.15, 0.2) is 13.7 Å². The first kappa shape index (κ1) is 36.5. The number of aromatic nitrogens is 2. The molecule has 13 rings (SSSR count). The Morgan fingerprint density at radius 3 is 1.44 bits per heavy atom. The minimum Gasteiger partial charge on any atom is -0.454 e. The molecule has 0 spiro atoms. The molecule has 3 nitrogen and oxygen atoms in total. The number of hydrogen-bond donors (Lipinski definition) is 0. The van der Waals surface area contributed by atoms with Crippen LogP contribution in [0.15, 0.2) is 247 Å². The van der Waals surface area contributed by atoms with Gasteiger partial charge in [0, 0.05) is 43.7 Å². The van der Waals surface area contributed by atoms with Crippen LogP contribution in [0.1, 0.15) is 0 Å². The maximum Gasteiger partial charge on any atom is 0.179 e. The van der Waals surface area contributed by atoms with Gasteiger partial charge in [-0.05, 0) is 92.5 Å². The van der Waals surface area contributed by atoms with Crippen molar-refractivity contribution in [2.45, 2.75) is 0 Å². The van der Waals surface area contributed by atoms with E-state index in [2.05, 4.69) is 246 Å². The molecule has 0 bridgehead atoms. The zero-order chi connectivity index (χ0) is 42.2. The second-order valence-corrected chi connectivity index (χ2v) is 20.6. The summed E-state index contributed by atoms with van der Waals surface area (Å²) in [6.07, 6.45) is 0. The fourth-order valence-corrected chi connectivity index (χ4v) is 15.4. The molecule has 3 aromatic heterocycles. The van der Waals surface area contributed by atoms with E-state index in [1.54, 1.807) is 0 Å². The molecule has 0 saturated heterocycles. The minimum absolute atomic E-state index is 0.904. The molecule has 0 N–H and O–H groups in total. The van der Waals surface area contributed by atoms with Gasteiger partial charge in [-0.3, -0.25) is 0 Å². The molecule has 0 amide bonds. The average molecular weight is 833 g/mol. The highest BCUT2D eigenvalue weighted by atomic mass is 28.3. The van der Waals surface area contributed by atoms with Crippen LogP contribution >= 0.6 is 0 Å². The molecule has 4 heteroatoms. The summed E-state index contributed by atoms with van der Waals surface area (Å²) in [5.41, 5.74) is 11.2. The molecule has 0 aliphatic heterocycles. The highest BCUT2D eigenvalue weighted by Gasteiger charge is 2.41. The Bertz CT molecular complexity index is 3830. The minimum atomic E-state index is -2.85. The van der Waals surface area contributed by atoms with E-state index < -0.39 is 8.07 Å². The molecule has 3 heterocycles. The lowest BCUT2D eigenvalue weighted by atomic mass is 10.0. The van der Waals surface area contributed by atoms with Crippen LogP contribution in [-0.4, -0.2) is 17.2 Å². The van der Waals surface area contributed by atoms with Crippen LogP contribution in [0.4, 0.5) is 0 Å². The Balaban J connectivity index is 0.982. The summed E-state index contributed by atoms with van der Waals surface area (Å²) in [6.45, 7) is 0. The maximum atomic E-state index is 6.69. The Hall–Kier alpha value is -8.18. The van der Waals surface area contributed by atoms with Crippen LogP contribution in [0.25, 0.3) is 88.1 Å². The van der Waals surface area contributed by atoms with Crippen molar-refractivity contribution in [3.05, 3.63) is 243 Å². The van der Waals surface area contributed by atoms with E-state index in [1.165, 1.54) is 70.1 Å². The van der Waals surface area contributed by atoms with Gasteiger partial charge in [0.05, 0.1) is 22.1 Å². The van der Waals surface area contributed by atoms with Gasteiger partial charge in [-0.1, -0.05) is 182 Å². The quantitative estimate of drug-likeness (QED) is 0.116. The Morgan fingerprint density at radius 2 is 0.766 bits per heavy atom. The molecule has 0 aliphatic carbocycles. The van der Waals surface area contributed by atoms with Crippen LogP contribution in [0.3, 0.4) is 0 Å². The van der Waals surface area contributed by atoms with E-state index in [1.807, 2.05) is 6.07 Å². The Morgan fingerprint density at radius 1 is 0.297 bits per heavy atom. The first-order valence-corrected chi connectivity index (χ1v) is 24.0. The average Bonchev–Trinajstić information content (AvgIpc) is 4.03. The smallest absolute Gasteiger partial charge is 0.179 e. The number of furan rings is 1. The molecule has 64 heavy (non-hydrogen) atoms. The highest BCUT2D eigenvalue weighted by Crippen LogP contribution is 2.40. The molecule has 10 aromatic carbocycles. The number of fused-ring (bicyclic) bond motifs is 10. The summed E-state index contributed by atoms with van der Waals surface area (Å²) in [5.74, 6) is 0. The van der Waals surface area contributed by atoms with Crippen molar-refractivity contribution in [3.8, 4) is 22.5 Å². The number of benzene rings is 10. The van der Waals surface area contributed by atoms with Gasteiger partial charge in [-0.15, -0.1) is 0 Å². The predicted octanol–water partition coefficient (Wildman–Crippen LogP) is 12.8. The van der Waals surface area contributed by atoms with E-state index in [0.717, 1.165) is 38.7 Å². The number of hydrogen-bond acceptors (Lipinski definition) is 1. The van der Waals surface area contributed by atoms with Gasteiger partial charge >= 0.3 is 0 Å². The van der Waals surface area contributed by atoms with Gasteiger partial charge in [-0.2, -0.15) is 0 Å². The van der Waals surface area contributed by atoms with Gasteiger partial charge in [0.1, 0.15) is 5.58 Å². The van der Waals surface area contributed by atoms with E-state index in [-0.39, 0.29) is 0 Å². The molecule has 0 unspecified atom stereocenters. The number of para-hydroxylation sites is 4. The van der Waals surface area contributed by atoms with E-state index in [0.29, 0.717) is 0 Å². The largest absolute Gasteiger partial charge is 0.454 e. The third-order valence-electron chi connectivity index (χ3n) is 13.5. The molecule has 0 saturated carbocycles. The van der Waals surface area contributed by atoms with Crippen molar-refractivity contribution in [1.82, 2.24) is 9.13 Å². The molecular formula is C60H40N2OSi. The Kier molecular flexibility index (Phi) is 8.23. The highest BCUT2D eigenvalue weighted by molar-refractivity contribution is 7.19. The van der Waals surface area contributed by atoms with Crippen LogP contribution < -0.4 is 20.7 Å². The molecule has 0 atom stereocenters. The zero-order valence-electron chi connectivity index (χ0n) is 34.9. The van der Waals surface area contributed by atoms with Crippen molar-refractivity contribution >= 4 is 94.4 Å². The molecule has 0 fully saturated rings. The second kappa shape index (κ2) is 14.5. The van der Waals surface area contributed by atoms with Crippen molar-refractivity contribution in [2.75, 3.05) is 0 Å². The molecule has 300 valence electrons. The van der Waals surface area contributed by atoms with E-state index in [4.69, 9.17) is 4.42 Å². The van der Waals surface area contributed by atoms with Crippen LogP contribution in [0.2, 0.25) is 0 Å². The SMILES string of the molecule is c1ccc(-n2c3ccccc3c3cc(-c4ccc([Si](c5ccccc5)(c5ccccc5)c5ccc(-n6c7ccccc7c7ccc8c9ccccc9oc8c76)cc5)cc4)ccc32)cc1. The monoisotopic (exact) mass is 832 g/mol. The summed E-state index contributed by atoms with van der Waals surface area (Å²) in [4.78, 5) is 0. The van der Waals surface area contributed by atoms with E-state index in [9.17, 15) is 0 Å². The van der Waals surface area contributed by atoms with Crippen LogP contribution in [-0.2, 0) is 0 Å². The summed E-state index contributed by atoms with van der Waals surface area (Å²) >= 11 is 0. The van der Waals surface area contributed by atoms with Crippen molar-refractivity contribution in [1.29, 1.82) is 0 Å². The van der Waals surface area contributed by atoms with Crippen LogP contribution in [0, 0.1) is 0 Å². The number of rotatable bonds is 7. The molecule has 0 radical (unpaired) electrons. The first-order valence-electron chi connectivity index (χ1n) is 22.0. The van der Waals surface area contributed by atoms with Crippen molar-refractivity contribution in [3.63, 3.8) is 0 Å². The molecular weight excluding hydrogens is 793 g/mol. The van der Waals surface area contributed by atoms with Gasteiger partial charge in [-0.25, -0.2) is 0 Å². The maximum absolute atomic E-state index is 6.69. The molecule has 0 aliphatic rings. The zero-order valence-corrected chi connectivity index (χ0v) is 35.9. The van der Waals surface area contributed by atoms with Gasteiger partial charge < -0.3 is 13.6 Å². The topological polar surface area (TPSA) is 23.0 Å². The number of nitrogens with zero attached hydrogens (tertiary/aromatic N) is 2. The Labute approximate surface area is 371 Å². The van der Waals surface area contributed by atoms with Crippen molar-refractivity contribution < 1.29 is 4.42 Å². The van der Waals surface area contributed by atoms with Gasteiger partial charge in [0.2, 0.25) is 0 Å². The van der Waals surface area contributed by atoms with E-state index >= 15 is 0 Å². The van der Waals surface area contributed by atoms with Crippen LogP contribution in [0.5, 0.6) is 0 Å². The van der Waals surface area contributed by atoms with Crippen molar-refractivity contribution in [2.24, 2.45) is 0 Å². The molecule has 13 aromatic rings. The summed E-state index contributed by atoms with van der Waals surface area (Å²) < 4.78 is 11.5. The normalized spacial score (nSPS) is 12.1.